The Balaban J connectivity index is 1.72. The highest BCUT2D eigenvalue weighted by atomic mass is 32.2. The third-order valence-corrected chi connectivity index (χ3v) is 6.25. The molecule has 0 saturated carbocycles. The number of hydrogen-bond acceptors (Lipinski definition) is 6. The van der Waals surface area contributed by atoms with Crippen molar-refractivity contribution in [2.45, 2.75) is 24.5 Å². The van der Waals surface area contributed by atoms with Crippen molar-refractivity contribution in [3.8, 4) is 11.8 Å². The summed E-state index contributed by atoms with van der Waals surface area (Å²) >= 11 is 3.29. The number of fused-ring (bicyclic) bond motifs is 1. The normalized spacial score (nSPS) is 11.0. The number of hydrogen-bond donors (Lipinski definition) is 0. The summed E-state index contributed by atoms with van der Waals surface area (Å²) in [6.45, 7) is 4.08. The molecule has 7 heteroatoms. The average molecular weight is 396 g/mol. The van der Waals surface area contributed by atoms with E-state index in [1.165, 1.54) is 11.1 Å². The van der Waals surface area contributed by atoms with E-state index in [4.69, 9.17) is 9.72 Å². The van der Waals surface area contributed by atoms with Gasteiger partial charge in [0.1, 0.15) is 10.7 Å². The van der Waals surface area contributed by atoms with Crippen LogP contribution in [0.2, 0.25) is 0 Å². The second-order valence-electron chi connectivity index (χ2n) is 5.98. The third-order valence-electron chi connectivity index (χ3n) is 4.14. The van der Waals surface area contributed by atoms with E-state index in [9.17, 15) is 5.21 Å². The van der Waals surface area contributed by atoms with Crippen molar-refractivity contribution in [1.82, 2.24) is 9.97 Å². The van der Waals surface area contributed by atoms with Crippen LogP contribution in [0.5, 0.6) is 11.8 Å². The highest BCUT2D eigenvalue weighted by Gasteiger charge is 2.19. The number of nitrogens with zero attached hydrogens (tertiary/aromatic N) is 3. The van der Waals surface area contributed by atoms with E-state index < -0.39 is 0 Å². The first kappa shape index (κ1) is 17.8. The second kappa shape index (κ2) is 7.54. The highest BCUT2D eigenvalue weighted by Crippen LogP contribution is 2.36. The number of benzene rings is 1. The van der Waals surface area contributed by atoms with Gasteiger partial charge in [0.05, 0.1) is 17.2 Å². The molecule has 136 valence electrons. The van der Waals surface area contributed by atoms with Gasteiger partial charge >= 0.3 is 5.88 Å². The maximum Gasteiger partial charge on any atom is 0.386 e. The lowest BCUT2D eigenvalue weighted by Crippen LogP contribution is -2.27. The first-order chi connectivity index (χ1) is 13.1. The van der Waals surface area contributed by atoms with Gasteiger partial charge in [-0.15, -0.1) is 27.8 Å². The monoisotopic (exact) mass is 395 g/mol. The molecule has 27 heavy (non-hydrogen) atoms. The van der Waals surface area contributed by atoms with Crippen molar-refractivity contribution in [3.05, 3.63) is 76.2 Å². The van der Waals surface area contributed by atoms with Gasteiger partial charge in [0, 0.05) is 15.8 Å². The van der Waals surface area contributed by atoms with Crippen molar-refractivity contribution in [3.63, 3.8) is 0 Å². The summed E-state index contributed by atoms with van der Waals surface area (Å²) in [4.78, 5) is 12.5. The summed E-state index contributed by atoms with van der Waals surface area (Å²) in [5.74, 6) is 1.93. The summed E-state index contributed by atoms with van der Waals surface area (Å²) in [5, 5.41) is 12.9. The van der Waals surface area contributed by atoms with Gasteiger partial charge in [-0.1, -0.05) is 18.2 Å². The fraction of sp³-hybridized carbons (Fsp3) is 0.150. The van der Waals surface area contributed by atoms with E-state index >= 15 is 0 Å². The molecule has 0 saturated heterocycles. The Morgan fingerprint density at radius 2 is 1.85 bits per heavy atom. The molecule has 0 bridgehead atoms. The van der Waals surface area contributed by atoms with Crippen LogP contribution < -0.4 is 9.47 Å². The molecule has 0 spiro atoms. The Hall–Kier alpha value is -2.64. The summed E-state index contributed by atoms with van der Waals surface area (Å²) in [6, 6.07) is 15.2. The van der Waals surface area contributed by atoms with Crippen LogP contribution in [0, 0.1) is 19.1 Å². The number of ether oxygens (including phenoxy) is 1. The van der Waals surface area contributed by atoms with Gasteiger partial charge in [-0.2, -0.15) is 4.98 Å². The molecule has 0 atom stereocenters. The van der Waals surface area contributed by atoms with E-state index in [1.807, 2.05) is 25.1 Å². The number of thiophene rings is 1. The van der Waals surface area contributed by atoms with E-state index in [-0.39, 0.29) is 5.88 Å². The van der Waals surface area contributed by atoms with Gasteiger partial charge in [0.15, 0.2) is 6.20 Å². The molecule has 4 aromatic rings. The molecule has 0 aliphatic rings. The largest absolute Gasteiger partial charge is 0.616 e. The lowest BCUT2D eigenvalue weighted by molar-refractivity contribution is -0.611. The molecule has 3 aromatic heterocycles. The third kappa shape index (κ3) is 3.74. The second-order valence-corrected chi connectivity index (χ2v) is 8.23. The number of thioether (sulfide) groups is 1. The Kier molecular flexibility index (Phi) is 4.96. The average Bonchev–Trinajstić information content (AvgIpc) is 2.97. The molecule has 0 amide bonds. The van der Waals surface area contributed by atoms with Gasteiger partial charge in [-0.25, -0.2) is 4.98 Å². The van der Waals surface area contributed by atoms with Crippen LogP contribution in [0.1, 0.15) is 16.3 Å². The van der Waals surface area contributed by atoms with Gasteiger partial charge in [-0.3, -0.25) is 0 Å². The smallest absolute Gasteiger partial charge is 0.386 e. The fourth-order valence-electron chi connectivity index (χ4n) is 2.65. The van der Waals surface area contributed by atoms with E-state index in [0.717, 1.165) is 20.7 Å². The molecule has 0 aliphatic carbocycles. The van der Waals surface area contributed by atoms with Crippen LogP contribution in [-0.4, -0.2) is 9.97 Å². The molecule has 3 heterocycles. The quantitative estimate of drug-likeness (QED) is 0.270. The standard InChI is InChI=1S/C20H17N3O2S2/c1-13-14(2)27-20-18(13)19(25-17-10-6-7-11-23(17)24)21-16(22-20)12-26-15-8-4-3-5-9-15/h3-11H,12H2,1-2H3. The molecule has 0 fully saturated rings. The Morgan fingerprint density at radius 3 is 2.63 bits per heavy atom. The summed E-state index contributed by atoms with van der Waals surface area (Å²) < 4.78 is 6.60. The summed E-state index contributed by atoms with van der Waals surface area (Å²) in [7, 11) is 0. The van der Waals surface area contributed by atoms with Crippen LogP contribution in [0.25, 0.3) is 10.2 Å². The minimum atomic E-state index is 0.197. The van der Waals surface area contributed by atoms with Crippen molar-refractivity contribution in [2.75, 3.05) is 0 Å². The maximum atomic E-state index is 12.0. The minimum absolute atomic E-state index is 0.197. The number of rotatable bonds is 5. The van der Waals surface area contributed by atoms with E-state index in [0.29, 0.717) is 22.2 Å². The van der Waals surface area contributed by atoms with Crippen molar-refractivity contribution >= 4 is 33.3 Å². The number of pyridine rings is 1. The zero-order valence-electron chi connectivity index (χ0n) is 14.9. The van der Waals surface area contributed by atoms with Crippen LogP contribution in [-0.2, 0) is 5.75 Å². The van der Waals surface area contributed by atoms with Gasteiger partial charge in [0.2, 0.25) is 5.88 Å². The zero-order valence-corrected chi connectivity index (χ0v) is 16.5. The van der Waals surface area contributed by atoms with E-state index in [2.05, 4.69) is 24.0 Å². The van der Waals surface area contributed by atoms with Crippen LogP contribution in [0.3, 0.4) is 0 Å². The zero-order chi connectivity index (χ0) is 18.8. The van der Waals surface area contributed by atoms with Gasteiger partial charge in [-0.05, 0) is 37.6 Å². The number of aryl methyl sites for hydroxylation is 2. The lowest BCUT2D eigenvalue weighted by atomic mass is 10.2. The predicted octanol–water partition coefficient (Wildman–Crippen LogP) is 5.03. The van der Waals surface area contributed by atoms with Gasteiger partial charge < -0.3 is 9.94 Å². The van der Waals surface area contributed by atoms with Crippen molar-refractivity contribution in [1.29, 1.82) is 0 Å². The highest BCUT2D eigenvalue weighted by molar-refractivity contribution is 7.98. The SMILES string of the molecule is Cc1sc2nc(CSc3ccccc3)nc(Oc3cccc[n+]3[O-])c2c1C. The molecule has 0 N–H and O–H groups in total. The topological polar surface area (TPSA) is 62.0 Å². The van der Waals surface area contributed by atoms with Crippen molar-refractivity contribution < 1.29 is 9.47 Å². The Morgan fingerprint density at radius 1 is 1.07 bits per heavy atom. The molecule has 4 rings (SSSR count). The van der Waals surface area contributed by atoms with Crippen LogP contribution >= 0.6 is 23.1 Å². The molecule has 1 aromatic carbocycles. The molecule has 5 nitrogen and oxygen atoms in total. The predicted molar refractivity (Wildman–Crippen MR) is 108 cm³/mol. The Bertz CT molecular complexity index is 1100. The molecule has 0 radical (unpaired) electrons. The van der Waals surface area contributed by atoms with E-state index in [1.54, 1.807) is 41.3 Å². The van der Waals surface area contributed by atoms with Crippen molar-refractivity contribution in [2.24, 2.45) is 0 Å². The molecular formula is C20H17N3O2S2. The first-order valence-electron chi connectivity index (χ1n) is 8.42. The Labute approximate surface area is 165 Å². The minimum Gasteiger partial charge on any atom is -0.616 e. The van der Waals surface area contributed by atoms with Crippen LogP contribution in [0.4, 0.5) is 0 Å². The van der Waals surface area contributed by atoms with Gasteiger partial charge in [0.25, 0.3) is 0 Å². The summed E-state index contributed by atoms with van der Waals surface area (Å²) in [6.07, 6.45) is 1.41. The molecule has 0 aliphatic heterocycles. The lowest BCUT2D eigenvalue weighted by Gasteiger charge is -2.08. The van der Waals surface area contributed by atoms with Crippen LogP contribution in [0.15, 0.2) is 59.6 Å². The maximum absolute atomic E-state index is 12.0. The first-order valence-corrected chi connectivity index (χ1v) is 10.2. The molecule has 0 unspecified atom stereocenters. The summed E-state index contributed by atoms with van der Waals surface area (Å²) in [5.41, 5.74) is 1.08. The number of aromatic nitrogens is 3. The molecular weight excluding hydrogens is 378 g/mol. The fourth-order valence-corrected chi connectivity index (χ4v) is 4.46.